The first-order chi connectivity index (χ1) is 9.67. The van der Waals surface area contributed by atoms with E-state index in [-0.39, 0.29) is 0 Å². The second kappa shape index (κ2) is 5.64. The maximum absolute atomic E-state index is 5.94. The Hall–Kier alpha value is -1.23. The molecule has 0 spiro atoms. The summed E-state index contributed by atoms with van der Waals surface area (Å²) in [5, 5.41) is 0. The molecule has 1 unspecified atom stereocenters. The van der Waals surface area contributed by atoms with Crippen LogP contribution >= 0.6 is 0 Å². The van der Waals surface area contributed by atoms with Gasteiger partial charge < -0.3 is 10.5 Å². The quantitative estimate of drug-likeness (QED) is 0.899. The fourth-order valence-corrected chi connectivity index (χ4v) is 3.30. The van der Waals surface area contributed by atoms with Gasteiger partial charge in [-0.05, 0) is 39.0 Å². The lowest BCUT2D eigenvalue weighted by Crippen LogP contribution is -2.33. The standard InChI is InChI=1S/C15H24N4O/c1-15(9-5-6-10-20-15)13-17-12(18-14(16)19-13)11-7-3-2-4-8-11/h11H,2-10H2,1H3,(H2,16,17,18,19). The second-order valence-corrected chi connectivity index (χ2v) is 6.25. The molecule has 1 atom stereocenters. The lowest BCUT2D eigenvalue weighted by molar-refractivity contribution is -0.0762. The Bertz CT molecular complexity index is 465. The molecule has 5 heteroatoms. The number of hydrogen-bond donors (Lipinski definition) is 1. The maximum atomic E-state index is 5.94. The van der Waals surface area contributed by atoms with Crippen LogP contribution in [0.3, 0.4) is 0 Å². The Morgan fingerprint density at radius 3 is 2.55 bits per heavy atom. The predicted molar refractivity (Wildman–Crippen MR) is 77.2 cm³/mol. The van der Waals surface area contributed by atoms with E-state index in [1.54, 1.807) is 0 Å². The largest absolute Gasteiger partial charge is 0.368 e. The van der Waals surface area contributed by atoms with Gasteiger partial charge in [-0.25, -0.2) is 4.98 Å². The van der Waals surface area contributed by atoms with E-state index in [1.165, 1.54) is 32.1 Å². The Kier molecular flexibility index (Phi) is 3.87. The lowest BCUT2D eigenvalue weighted by atomic mass is 9.88. The highest BCUT2D eigenvalue weighted by molar-refractivity contribution is 5.20. The van der Waals surface area contributed by atoms with Crippen LogP contribution in [0.2, 0.25) is 0 Å². The molecule has 1 aromatic rings. The highest BCUT2D eigenvalue weighted by atomic mass is 16.5. The van der Waals surface area contributed by atoms with Crippen molar-refractivity contribution in [2.75, 3.05) is 12.3 Å². The number of nitrogen functional groups attached to an aromatic ring is 1. The predicted octanol–water partition coefficient (Wildman–Crippen LogP) is 2.92. The van der Waals surface area contributed by atoms with Crippen molar-refractivity contribution in [2.45, 2.75) is 69.8 Å². The zero-order valence-electron chi connectivity index (χ0n) is 12.3. The van der Waals surface area contributed by atoms with Crippen molar-refractivity contribution >= 4 is 5.95 Å². The molecular formula is C15H24N4O. The first-order valence-corrected chi connectivity index (χ1v) is 7.83. The van der Waals surface area contributed by atoms with Gasteiger partial charge in [-0.1, -0.05) is 19.3 Å². The number of hydrogen-bond acceptors (Lipinski definition) is 5. The Balaban J connectivity index is 1.89. The topological polar surface area (TPSA) is 73.9 Å². The third-order valence-electron chi connectivity index (χ3n) is 4.58. The van der Waals surface area contributed by atoms with Crippen LogP contribution in [-0.2, 0) is 10.3 Å². The average molecular weight is 276 g/mol. The molecule has 1 aliphatic carbocycles. The van der Waals surface area contributed by atoms with Crippen molar-refractivity contribution < 1.29 is 4.74 Å². The van der Waals surface area contributed by atoms with Crippen molar-refractivity contribution in [3.63, 3.8) is 0 Å². The molecule has 2 heterocycles. The van der Waals surface area contributed by atoms with Gasteiger partial charge in [-0.15, -0.1) is 0 Å². The van der Waals surface area contributed by atoms with Gasteiger partial charge in [0.25, 0.3) is 0 Å². The summed E-state index contributed by atoms with van der Waals surface area (Å²) in [6.45, 7) is 2.85. The monoisotopic (exact) mass is 276 g/mol. The van der Waals surface area contributed by atoms with Crippen LogP contribution in [0.15, 0.2) is 0 Å². The van der Waals surface area contributed by atoms with Gasteiger partial charge in [-0.2, -0.15) is 9.97 Å². The first kappa shape index (κ1) is 13.7. The van der Waals surface area contributed by atoms with E-state index in [0.29, 0.717) is 11.9 Å². The summed E-state index contributed by atoms with van der Waals surface area (Å²) in [5.41, 5.74) is 5.52. The molecule has 110 valence electrons. The van der Waals surface area contributed by atoms with Crippen LogP contribution in [0.4, 0.5) is 5.95 Å². The molecule has 20 heavy (non-hydrogen) atoms. The molecule has 0 radical (unpaired) electrons. The maximum Gasteiger partial charge on any atom is 0.223 e. The van der Waals surface area contributed by atoms with Gasteiger partial charge in [0.05, 0.1) is 0 Å². The zero-order chi connectivity index (χ0) is 14.0. The molecule has 5 nitrogen and oxygen atoms in total. The van der Waals surface area contributed by atoms with Gasteiger partial charge in [0.1, 0.15) is 11.4 Å². The van der Waals surface area contributed by atoms with E-state index >= 15 is 0 Å². The molecule has 3 rings (SSSR count). The summed E-state index contributed by atoms with van der Waals surface area (Å²) >= 11 is 0. The van der Waals surface area contributed by atoms with Crippen molar-refractivity contribution in [2.24, 2.45) is 0 Å². The molecular weight excluding hydrogens is 252 g/mol. The normalized spacial score (nSPS) is 28.4. The second-order valence-electron chi connectivity index (χ2n) is 6.25. The smallest absolute Gasteiger partial charge is 0.223 e. The summed E-state index contributed by atoms with van der Waals surface area (Å²) < 4.78 is 5.94. The number of aromatic nitrogens is 3. The molecule has 0 aromatic carbocycles. The third-order valence-corrected chi connectivity index (χ3v) is 4.58. The van der Waals surface area contributed by atoms with E-state index in [1.807, 2.05) is 0 Å². The lowest BCUT2D eigenvalue weighted by Gasteiger charge is -2.32. The summed E-state index contributed by atoms with van der Waals surface area (Å²) in [6, 6.07) is 0. The first-order valence-electron chi connectivity index (χ1n) is 7.83. The summed E-state index contributed by atoms with van der Waals surface area (Å²) in [5.74, 6) is 2.39. The third kappa shape index (κ3) is 2.77. The Morgan fingerprint density at radius 2 is 1.85 bits per heavy atom. The average Bonchev–Trinajstić information content (AvgIpc) is 2.48. The zero-order valence-corrected chi connectivity index (χ0v) is 12.3. The summed E-state index contributed by atoms with van der Waals surface area (Å²) in [7, 11) is 0. The molecule has 0 amide bonds. The molecule has 0 bridgehead atoms. The van der Waals surface area contributed by atoms with Crippen LogP contribution in [0.25, 0.3) is 0 Å². The van der Waals surface area contributed by atoms with E-state index in [0.717, 1.165) is 37.5 Å². The molecule has 2 aliphatic rings. The fraction of sp³-hybridized carbons (Fsp3) is 0.800. The van der Waals surface area contributed by atoms with Gasteiger partial charge in [0.15, 0.2) is 5.82 Å². The van der Waals surface area contributed by atoms with Crippen molar-refractivity contribution in [1.29, 1.82) is 0 Å². The molecule has 1 saturated heterocycles. The SMILES string of the molecule is CC1(c2nc(N)nc(C3CCCCC3)n2)CCCCO1. The van der Waals surface area contributed by atoms with Crippen LogP contribution in [0, 0.1) is 0 Å². The minimum atomic E-state index is -0.390. The molecule has 2 N–H and O–H groups in total. The highest BCUT2D eigenvalue weighted by Gasteiger charge is 2.34. The number of ether oxygens (including phenoxy) is 1. The number of rotatable bonds is 2. The summed E-state index contributed by atoms with van der Waals surface area (Å²) in [6.07, 6.45) is 9.41. The van der Waals surface area contributed by atoms with Crippen LogP contribution in [0.1, 0.15) is 75.9 Å². The van der Waals surface area contributed by atoms with Gasteiger partial charge in [-0.3, -0.25) is 0 Å². The highest BCUT2D eigenvalue weighted by Crippen LogP contribution is 2.35. The van der Waals surface area contributed by atoms with Crippen LogP contribution in [-0.4, -0.2) is 21.6 Å². The van der Waals surface area contributed by atoms with Gasteiger partial charge in [0.2, 0.25) is 5.95 Å². The molecule has 1 aromatic heterocycles. The van der Waals surface area contributed by atoms with E-state index in [2.05, 4.69) is 16.9 Å². The van der Waals surface area contributed by atoms with E-state index in [9.17, 15) is 0 Å². The number of anilines is 1. The van der Waals surface area contributed by atoms with Gasteiger partial charge in [0, 0.05) is 12.5 Å². The molecule has 2 fully saturated rings. The number of nitrogens with zero attached hydrogens (tertiary/aromatic N) is 3. The van der Waals surface area contributed by atoms with E-state index < -0.39 is 5.60 Å². The fourth-order valence-electron chi connectivity index (χ4n) is 3.30. The molecule has 1 aliphatic heterocycles. The van der Waals surface area contributed by atoms with Crippen LogP contribution < -0.4 is 5.73 Å². The summed E-state index contributed by atoms with van der Waals surface area (Å²) in [4.78, 5) is 13.5. The van der Waals surface area contributed by atoms with E-state index in [4.69, 9.17) is 15.5 Å². The Labute approximate surface area is 120 Å². The van der Waals surface area contributed by atoms with Gasteiger partial charge >= 0.3 is 0 Å². The minimum Gasteiger partial charge on any atom is -0.368 e. The number of nitrogens with two attached hydrogens (primary N) is 1. The van der Waals surface area contributed by atoms with Crippen molar-refractivity contribution in [3.8, 4) is 0 Å². The van der Waals surface area contributed by atoms with Crippen molar-refractivity contribution in [3.05, 3.63) is 11.6 Å². The minimum absolute atomic E-state index is 0.339. The Morgan fingerprint density at radius 1 is 1.05 bits per heavy atom. The van der Waals surface area contributed by atoms with Crippen LogP contribution in [0.5, 0.6) is 0 Å². The molecule has 1 saturated carbocycles. The van der Waals surface area contributed by atoms with Crippen molar-refractivity contribution in [1.82, 2.24) is 15.0 Å².